The van der Waals surface area contributed by atoms with Crippen LogP contribution in [0, 0.1) is 46.1 Å². The van der Waals surface area contributed by atoms with Gasteiger partial charge in [0.15, 0.2) is 0 Å². The number of rotatable bonds is 4. The second-order valence-corrected chi connectivity index (χ2v) is 8.93. The molecule has 1 saturated heterocycles. The van der Waals surface area contributed by atoms with Crippen molar-refractivity contribution in [1.82, 2.24) is 5.01 Å². The topological polar surface area (TPSA) is 106 Å². The second kappa shape index (κ2) is 6.00. The molecule has 0 N–H and O–H groups in total. The molecule has 3 fully saturated rings. The van der Waals surface area contributed by atoms with E-state index in [-0.39, 0.29) is 46.6 Å². The number of allylic oxidation sites excluding steroid dienone is 2. The molecule has 6 rings (SSSR count). The maximum absolute atomic E-state index is 13.0. The van der Waals surface area contributed by atoms with Crippen molar-refractivity contribution in [2.24, 2.45) is 34.2 Å². The second-order valence-electron chi connectivity index (χ2n) is 8.93. The van der Waals surface area contributed by atoms with Crippen molar-refractivity contribution in [3.63, 3.8) is 0 Å². The molecule has 2 saturated carbocycles. The van der Waals surface area contributed by atoms with E-state index in [0.29, 0.717) is 17.1 Å². The molecule has 8 nitrogen and oxygen atoms in total. The summed E-state index contributed by atoms with van der Waals surface area (Å²) >= 11 is 0. The standard InChI is InChI=1S/C23H19N3O5/c1-12-2-4-14(17(10-12)26(29)30)18-7-3-13(31-18)11-24-25-21(27)19-15-5-6-16(20(19)22(25)28)23(15)8-9-23/h2-7,10-11,15-16,19-20H,8-9H2,1H3/b24-11+. The Bertz CT molecular complexity index is 1190. The summed E-state index contributed by atoms with van der Waals surface area (Å²) in [6, 6.07) is 8.12. The Morgan fingerprint density at radius 1 is 1.13 bits per heavy atom. The molecule has 2 aromatic rings. The lowest BCUT2D eigenvalue weighted by atomic mass is 9.85. The van der Waals surface area contributed by atoms with Crippen LogP contribution in [0.2, 0.25) is 0 Å². The van der Waals surface area contributed by atoms with Crippen LogP contribution in [0.4, 0.5) is 5.69 Å². The van der Waals surface area contributed by atoms with Gasteiger partial charge < -0.3 is 4.42 Å². The molecule has 8 heteroatoms. The van der Waals surface area contributed by atoms with Crippen molar-refractivity contribution < 1.29 is 18.9 Å². The lowest BCUT2D eigenvalue weighted by Gasteiger charge is -2.18. The minimum absolute atomic E-state index is 0.0486. The number of nitro groups is 1. The van der Waals surface area contributed by atoms with Crippen LogP contribution in [-0.4, -0.2) is 28.0 Å². The number of amides is 2. The third kappa shape index (κ3) is 2.38. The van der Waals surface area contributed by atoms with E-state index >= 15 is 0 Å². The van der Waals surface area contributed by atoms with Gasteiger partial charge in [0, 0.05) is 6.07 Å². The molecular weight excluding hydrogens is 398 g/mol. The first-order valence-electron chi connectivity index (χ1n) is 10.4. The summed E-state index contributed by atoms with van der Waals surface area (Å²) in [5.74, 6) is -0.156. The predicted octanol–water partition coefficient (Wildman–Crippen LogP) is 3.69. The summed E-state index contributed by atoms with van der Waals surface area (Å²) in [4.78, 5) is 36.8. The molecule has 2 amide bonds. The van der Waals surface area contributed by atoms with E-state index in [1.807, 2.05) is 0 Å². The van der Waals surface area contributed by atoms with Gasteiger partial charge in [-0.15, -0.1) is 0 Å². The van der Waals surface area contributed by atoms with Gasteiger partial charge in [-0.2, -0.15) is 10.1 Å². The summed E-state index contributed by atoms with van der Waals surface area (Å²) in [5.41, 5.74) is 1.23. The third-order valence-electron chi connectivity index (χ3n) is 7.37. The Morgan fingerprint density at radius 2 is 1.81 bits per heavy atom. The number of hydrogen-bond donors (Lipinski definition) is 0. The SMILES string of the molecule is Cc1ccc(-c2ccc(/C=N/N3C(=O)C4C(C3=O)C3C=CC4C34CC4)o2)c([N+](=O)[O-])c1. The third-order valence-corrected chi connectivity index (χ3v) is 7.37. The van der Waals surface area contributed by atoms with Crippen molar-refractivity contribution in [1.29, 1.82) is 0 Å². The smallest absolute Gasteiger partial charge is 0.280 e. The molecule has 0 radical (unpaired) electrons. The van der Waals surface area contributed by atoms with Gasteiger partial charge in [-0.25, -0.2) is 0 Å². The van der Waals surface area contributed by atoms with E-state index in [0.717, 1.165) is 23.4 Å². The van der Waals surface area contributed by atoms with Crippen LogP contribution in [0.3, 0.4) is 0 Å². The summed E-state index contributed by atoms with van der Waals surface area (Å²) in [6.07, 6.45) is 7.73. The minimum atomic E-state index is -0.450. The molecule has 1 aromatic heterocycles. The molecule has 2 heterocycles. The first-order valence-corrected chi connectivity index (χ1v) is 10.4. The van der Waals surface area contributed by atoms with Crippen molar-refractivity contribution in [3.8, 4) is 11.3 Å². The van der Waals surface area contributed by atoms with E-state index in [4.69, 9.17) is 4.42 Å². The van der Waals surface area contributed by atoms with E-state index < -0.39 is 4.92 Å². The highest BCUT2D eigenvalue weighted by atomic mass is 16.6. The number of fused-ring (bicyclic) bond motifs is 3. The number of aryl methyl sites for hydroxylation is 1. The van der Waals surface area contributed by atoms with Crippen LogP contribution < -0.4 is 0 Å². The predicted molar refractivity (Wildman–Crippen MR) is 110 cm³/mol. The number of imide groups is 1. The maximum atomic E-state index is 13.0. The van der Waals surface area contributed by atoms with Crippen LogP contribution in [0.5, 0.6) is 0 Å². The average Bonchev–Trinajstić information content (AvgIpc) is 3.03. The van der Waals surface area contributed by atoms with Gasteiger partial charge in [-0.3, -0.25) is 19.7 Å². The van der Waals surface area contributed by atoms with Gasteiger partial charge in [-0.1, -0.05) is 18.2 Å². The molecule has 4 unspecified atom stereocenters. The van der Waals surface area contributed by atoms with Gasteiger partial charge in [0.05, 0.1) is 28.5 Å². The molecule has 156 valence electrons. The molecular formula is C23H19N3O5. The molecule has 4 aliphatic rings. The van der Waals surface area contributed by atoms with E-state index in [2.05, 4.69) is 17.3 Å². The number of hydrazone groups is 1. The van der Waals surface area contributed by atoms with Gasteiger partial charge in [0.25, 0.3) is 17.5 Å². The Balaban J connectivity index is 1.25. The molecule has 2 bridgehead atoms. The molecule has 1 spiro atoms. The largest absolute Gasteiger partial charge is 0.455 e. The zero-order valence-corrected chi connectivity index (χ0v) is 16.7. The molecule has 3 aliphatic carbocycles. The van der Waals surface area contributed by atoms with Crippen LogP contribution >= 0.6 is 0 Å². The number of nitrogens with zero attached hydrogens (tertiary/aromatic N) is 3. The first kappa shape index (κ1) is 18.2. The van der Waals surface area contributed by atoms with Gasteiger partial charge in [-0.05, 0) is 60.8 Å². The van der Waals surface area contributed by atoms with Crippen LogP contribution in [-0.2, 0) is 9.59 Å². The lowest BCUT2D eigenvalue weighted by Crippen LogP contribution is -2.30. The fourth-order valence-electron chi connectivity index (χ4n) is 5.86. The van der Waals surface area contributed by atoms with E-state index in [1.165, 1.54) is 12.3 Å². The van der Waals surface area contributed by atoms with Crippen LogP contribution in [0.25, 0.3) is 11.3 Å². The quantitative estimate of drug-likeness (QED) is 0.248. The lowest BCUT2D eigenvalue weighted by molar-refractivity contribution is -0.384. The van der Waals surface area contributed by atoms with Gasteiger partial charge in [0.1, 0.15) is 11.5 Å². The molecule has 1 aliphatic heterocycles. The summed E-state index contributed by atoms with van der Waals surface area (Å²) in [6.45, 7) is 1.78. The van der Waals surface area contributed by atoms with Crippen molar-refractivity contribution in [3.05, 3.63) is 63.9 Å². The van der Waals surface area contributed by atoms with E-state index in [1.54, 1.807) is 31.2 Å². The number of carbonyl (C=O) groups is 2. The summed E-state index contributed by atoms with van der Waals surface area (Å²) < 4.78 is 5.71. The molecule has 1 aromatic carbocycles. The fraction of sp³-hybridized carbons (Fsp3) is 0.348. The van der Waals surface area contributed by atoms with Gasteiger partial charge >= 0.3 is 0 Å². The summed E-state index contributed by atoms with van der Waals surface area (Å²) in [5, 5.41) is 16.5. The zero-order valence-electron chi connectivity index (χ0n) is 16.7. The van der Waals surface area contributed by atoms with E-state index in [9.17, 15) is 19.7 Å². The highest BCUT2D eigenvalue weighted by molar-refractivity contribution is 6.07. The van der Waals surface area contributed by atoms with Crippen molar-refractivity contribution in [2.45, 2.75) is 19.8 Å². The number of hydrogen-bond acceptors (Lipinski definition) is 6. The van der Waals surface area contributed by atoms with Crippen molar-refractivity contribution >= 4 is 23.7 Å². The monoisotopic (exact) mass is 417 g/mol. The maximum Gasteiger partial charge on any atom is 0.280 e. The Labute approximate surface area is 177 Å². The number of furan rings is 1. The number of benzene rings is 1. The Kier molecular flexibility index (Phi) is 3.53. The molecule has 31 heavy (non-hydrogen) atoms. The van der Waals surface area contributed by atoms with Gasteiger partial charge in [0.2, 0.25) is 0 Å². The number of carbonyl (C=O) groups excluding carboxylic acids is 2. The molecule has 4 atom stereocenters. The normalized spacial score (nSPS) is 29.5. The minimum Gasteiger partial charge on any atom is -0.455 e. The Morgan fingerprint density at radius 3 is 2.42 bits per heavy atom. The van der Waals surface area contributed by atoms with Crippen LogP contribution in [0.15, 0.2) is 52.0 Å². The van der Waals surface area contributed by atoms with Crippen molar-refractivity contribution in [2.75, 3.05) is 0 Å². The highest BCUT2D eigenvalue weighted by Crippen LogP contribution is 2.73. The summed E-state index contributed by atoms with van der Waals surface area (Å²) in [7, 11) is 0. The highest BCUT2D eigenvalue weighted by Gasteiger charge is 2.73. The number of nitro benzene ring substituents is 1. The first-order chi connectivity index (χ1) is 14.9. The average molecular weight is 417 g/mol. The Hall–Kier alpha value is -3.55. The zero-order chi connectivity index (χ0) is 21.5. The van der Waals surface area contributed by atoms with Crippen LogP contribution in [0.1, 0.15) is 24.2 Å². The fourth-order valence-corrected chi connectivity index (χ4v) is 5.86.